The maximum absolute atomic E-state index is 11.2. The van der Waals surface area contributed by atoms with Gasteiger partial charge in [-0.25, -0.2) is 9.59 Å². The molecule has 1 aliphatic rings. The molecule has 0 radical (unpaired) electrons. The number of benzene rings is 1. The van der Waals surface area contributed by atoms with Gasteiger partial charge in [0.15, 0.2) is 0 Å². The number of hydrogen-bond acceptors (Lipinski definition) is 4. The summed E-state index contributed by atoms with van der Waals surface area (Å²) in [5.41, 5.74) is 1.57. The van der Waals surface area contributed by atoms with E-state index in [4.69, 9.17) is 10.2 Å². The molecule has 7 nitrogen and oxygen atoms in total. The van der Waals surface area contributed by atoms with Crippen molar-refractivity contribution in [3.05, 3.63) is 47.5 Å². The Morgan fingerprint density at radius 3 is 1.86 bits per heavy atom. The topological polar surface area (TPSA) is 112 Å². The molecule has 0 saturated heterocycles. The van der Waals surface area contributed by atoms with Crippen molar-refractivity contribution in [1.29, 1.82) is 0 Å². The molecule has 1 unspecified atom stereocenters. The third-order valence-corrected chi connectivity index (χ3v) is 4.27. The van der Waals surface area contributed by atoms with Crippen molar-refractivity contribution in [1.82, 2.24) is 4.90 Å². The lowest BCUT2D eigenvalue weighted by molar-refractivity contribution is -0.153. The lowest BCUT2D eigenvalue weighted by Gasteiger charge is -2.21. The fourth-order valence-corrected chi connectivity index (χ4v) is 2.59. The van der Waals surface area contributed by atoms with E-state index < -0.39 is 29.8 Å². The van der Waals surface area contributed by atoms with Gasteiger partial charge in [-0.3, -0.25) is 14.5 Å². The summed E-state index contributed by atoms with van der Waals surface area (Å²) in [6.07, 6.45) is 4.01. The van der Waals surface area contributed by atoms with Gasteiger partial charge in [0, 0.05) is 12.2 Å². The highest BCUT2D eigenvalue weighted by Crippen LogP contribution is 2.22. The van der Waals surface area contributed by atoms with Crippen molar-refractivity contribution in [2.75, 3.05) is 0 Å². The number of imide groups is 1. The Hall–Kier alpha value is -2.96. The minimum Gasteiger partial charge on any atom is -0.480 e. The lowest BCUT2D eigenvalue weighted by Crippen LogP contribution is -2.44. The highest BCUT2D eigenvalue weighted by molar-refractivity contribution is 6.14. The molecule has 1 atom stereocenters. The Kier molecular flexibility index (Phi) is 8.10. The fourth-order valence-electron chi connectivity index (χ4n) is 2.59. The van der Waals surface area contributed by atoms with Gasteiger partial charge in [-0.05, 0) is 29.5 Å². The van der Waals surface area contributed by atoms with Gasteiger partial charge in [0.25, 0.3) is 11.8 Å². The number of unbranched alkanes of at least 4 members (excludes halogenated alkanes) is 1. The average Bonchev–Trinajstić information content (AvgIpc) is 2.94. The quantitative estimate of drug-likeness (QED) is 0.723. The van der Waals surface area contributed by atoms with E-state index in [2.05, 4.69) is 20.8 Å². The molecule has 1 aromatic carbocycles. The number of aliphatic carboxylic acids is 1. The van der Waals surface area contributed by atoms with E-state index in [0.29, 0.717) is 18.4 Å². The summed E-state index contributed by atoms with van der Waals surface area (Å²) in [5.74, 6) is -3.08. The predicted molar refractivity (Wildman–Crippen MR) is 104 cm³/mol. The Labute approximate surface area is 164 Å². The van der Waals surface area contributed by atoms with E-state index in [-0.39, 0.29) is 5.41 Å². The average molecular weight is 389 g/mol. The monoisotopic (exact) mass is 389 g/mol. The van der Waals surface area contributed by atoms with Crippen LogP contribution in [0.5, 0.6) is 0 Å². The maximum atomic E-state index is 11.2. The van der Waals surface area contributed by atoms with Gasteiger partial charge in [0.1, 0.15) is 6.04 Å². The minimum absolute atomic E-state index is 0.0804. The molecule has 1 heterocycles. The van der Waals surface area contributed by atoms with Crippen LogP contribution in [0.3, 0.4) is 0 Å². The molecule has 7 heteroatoms. The molecule has 2 amide bonds. The summed E-state index contributed by atoms with van der Waals surface area (Å²) < 4.78 is 0. The summed E-state index contributed by atoms with van der Waals surface area (Å²) in [6.45, 7) is 8.22. The SMILES string of the molecule is CC(C)(C)c1ccc(C(=O)O)cc1.CCCCC(C(=O)O)N1C(=O)C=CC1=O. The minimum atomic E-state index is -1.13. The van der Waals surface area contributed by atoms with Gasteiger partial charge >= 0.3 is 11.9 Å². The molecular weight excluding hydrogens is 362 g/mol. The lowest BCUT2D eigenvalue weighted by atomic mass is 9.87. The Morgan fingerprint density at radius 1 is 1.00 bits per heavy atom. The maximum Gasteiger partial charge on any atom is 0.335 e. The molecule has 1 aliphatic heterocycles. The zero-order valence-electron chi connectivity index (χ0n) is 16.6. The zero-order chi connectivity index (χ0) is 21.5. The van der Waals surface area contributed by atoms with E-state index in [9.17, 15) is 19.2 Å². The molecule has 0 fully saturated rings. The highest BCUT2D eigenvalue weighted by Gasteiger charge is 2.35. The van der Waals surface area contributed by atoms with Crippen LogP contribution < -0.4 is 0 Å². The van der Waals surface area contributed by atoms with Crippen LogP contribution in [-0.4, -0.2) is 44.9 Å². The molecule has 0 saturated carbocycles. The standard InChI is InChI=1S/C11H14O2.C10H13NO4/c1-11(2,3)9-6-4-8(5-7-9)10(12)13;1-2-3-4-7(10(14)15)11-8(12)5-6-9(11)13/h4-7H,1-3H3,(H,12,13);5-7H,2-4H2,1H3,(H,14,15). The summed E-state index contributed by atoms with van der Waals surface area (Å²) in [6, 6.07) is 5.98. The summed E-state index contributed by atoms with van der Waals surface area (Å²) >= 11 is 0. The zero-order valence-corrected chi connectivity index (χ0v) is 16.6. The highest BCUT2D eigenvalue weighted by atomic mass is 16.4. The van der Waals surface area contributed by atoms with Crippen molar-refractivity contribution >= 4 is 23.8 Å². The van der Waals surface area contributed by atoms with Crippen LogP contribution in [0, 0.1) is 0 Å². The molecule has 2 N–H and O–H groups in total. The normalized spacial score (nSPS) is 14.5. The van der Waals surface area contributed by atoms with Crippen LogP contribution >= 0.6 is 0 Å². The van der Waals surface area contributed by atoms with E-state index in [0.717, 1.165) is 29.0 Å². The Bertz CT molecular complexity index is 740. The third kappa shape index (κ3) is 6.33. The van der Waals surface area contributed by atoms with Crippen LogP contribution in [0.25, 0.3) is 0 Å². The van der Waals surface area contributed by atoms with E-state index in [1.54, 1.807) is 12.1 Å². The number of carbonyl (C=O) groups is 4. The van der Waals surface area contributed by atoms with Crippen molar-refractivity contribution in [2.45, 2.75) is 58.4 Å². The molecule has 0 bridgehead atoms. The molecule has 2 rings (SSSR count). The number of carboxylic acid groups (broad SMARTS) is 2. The van der Waals surface area contributed by atoms with Crippen molar-refractivity contribution in [3.63, 3.8) is 0 Å². The van der Waals surface area contributed by atoms with Gasteiger partial charge < -0.3 is 10.2 Å². The van der Waals surface area contributed by atoms with Crippen molar-refractivity contribution < 1.29 is 29.4 Å². The number of hydrogen-bond donors (Lipinski definition) is 2. The van der Waals surface area contributed by atoms with Gasteiger partial charge in [-0.2, -0.15) is 0 Å². The van der Waals surface area contributed by atoms with E-state index >= 15 is 0 Å². The van der Waals surface area contributed by atoms with Crippen LogP contribution in [-0.2, 0) is 19.8 Å². The number of rotatable bonds is 6. The second-order valence-electron chi connectivity index (χ2n) is 7.51. The van der Waals surface area contributed by atoms with Gasteiger partial charge in [-0.15, -0.1) is 0 Å². The molecule has 152 valence electrons. The largest absolute Gasteiger partial charge is 0.480 e. The number of nitrogens with zero attached hydrogens (tertiary/aromatic N) is 1. The number of carboxylic acids is 2. The Balaban J connectivity index is 0.000000283. The van der Waals surface area contributed by atoms with Gasteiger partial charge in [0.2, 0.25) is 0 Å². The Morgan fingerprint density at radius 2 is 1.50 bits per heavy atom. The van der Waals surface area contributed by atoms with Crippen LogP contribution in [0.15, 0.2) is 36.4 Å². The summed E-state index contributed by atoms with van der Waals surface area (Å²) in [5, 5.41) is 17.6. The fraction of sp³-hybridized carbons (Fsp3) is 0.429. The van der Waals surface area contributed by atoms with Crippen molar-refractivity contribution in [3.8, 4) is 0 Å². The molecular formula is C21H27NO6. The van der Waals surface area contributed by atoms with Crippen LogP contribution in [0.4, 0.5) is 0 Å². The molecule has 0 aromatic heterocycles. The first-order valence-corrected chi connectivity index (χ1v) is 9.11. The van der Waals surface area contributed by atoms with Crippen molar-refractivity contribution in [2.24, 2.45) is 0 Å². The van der Waals surface area contributed by atoms with Gasteiger partial charge in [0.05, 0.1) is 5.56 Å². The first-order chi connectivity index (χ1) is 13.0. The summed E-state index contributed by atoms with van der Waals surface area (Å²) in [4.78, 5) is 44.8. The first-order valence-electron chi connectivity index (χ1n) is 9.11. The second kappa shape index (κ2) is 9.82. The molecule has 28 heavy (non-hydrogen) atoms. The number of carbonyl (C=O) groups excluding carboxylic acids is 2. The third-order valence-electron chi connectivity index (χ3n) is 4.27. The second-order valence-corrected chi connectivity index (χ2v) is 7.51. The molecule has 1 aromatic rings. The number of amides is 2. The van der Waals surface area contributed by atoms with E-state index in [1.807, 2.05) is 19.1 Å². The number of aromatic carboxylic acids is 1. The molecule has 0 aliphatic carbocycles. The van der Waals surface area contributed by atoms with Gasteiger partial charge in [-0.1, -0.05) is 52.7 Å². The van der Waals surface area contributed by atoms with Crippen LogP contribution in [0.2, 0.25) is 0 Å². The van der Waals surface area contributed by atoms with E-state index in [1.165, 1.54) is 0 Å². The smallest absolute Gasteiger partial charge is 0.335 e. The molecule has 0 spiro atoms. The van der Waals surface area contributed by atoms with Crippen LogP contribution in [0.1, 0.15) is 62.9 Å². The first kappa shape index (κ1) is 23.1. The predicted octanol–water partition coefficient (Wildman–Crippen LogP) is 3.24. The summed E-state index contributed by atoms with van der Waals surface area (Å²) in [7, 11) is 0.